The van der Waals surface area contributed by atoms with Gasteiger partial charge in [0.15, 0.2) is 0 Å². The molecule has 2 aromatic carbocycles. The highest BCUT2D eigenvalue weighted by molar-refractivity contribution is 6.31. The number of piperazine rings is 2. The van der Waals surface area contributed by atoms with Crippen LogP contribution >= 0.6 is 23.2 Å². The zero-order valence-electron chi connectivity index (χ0n) is 48.0. The molecule has 30 heteroatoms. The fourth-order valence-electron chi connectivity index (χ4n) is 12.3. The molecule has 8 rings (SSSR count). The van der Waals surface area contributed by atoms with Crippen LogP contribution in [-0.2, 0) is 36.9 Å². The largest absolute Gasteiger partial charge is 0.480 e. The van der Waals surface area contributed by atoms with Gasteiger partial charge in [-0.3, -0.25) is 29.2 Å². The molecule has 0 aromatic heterocycles. The number of carboxylic acid groups (broad SMARTS) is 1. The number of likely N-dealkylation sites (tertiary alicyclic amines) is 2. The topological polar surface area (TPSA) is 142 Å². The van der Waals surface area contributed by atoms with Gasteiger partial charge in [-0.05, 0) is 131 Å². The van der Waals surface area contributed by atoms with E-state index in [1.165, 1.54) is 0 Å². The molecular formula is C56H74Cl2F12N8O8. The summed E-state index contributed by atoms with van der Waals surface area (Å²) in [6.07, 6.45) is -28.7. The Morgan fingerprint density at radius 1 is 0.488 bits per heavy atom. The number of aliphatic carboxylic acids is 1. The summed E-state index contributed by atoms with van der Waals surface area (Å²) in [6.45, 7) is 14.2. The number of hydrogen-bond donors (Lipinski definition) is 1. The third-order valence-corrected chi connectivity index (χ3v) is 17.1. The van der Waals surface area contributed by atoms with Gasteiger partial charge in [-0.25, -0.2) is 9.59 Å². The number of amides is 2. The van der Waals surface area contributed by atoms with Crippen LogP contribution < -0.4 is 9.80 Å². The van der Waals surface area contributed by atoms with Gasteiger partial charge >= 0.3 is 48.8 Å². The first-order valence-corrected chi connectivity index (χ1v) is 29.4. The summed E-state index contributed by atoms with van der Waals surface area (Å²) in [5, 5.41) is 10.2. The Kier molecular flexibility index (Phi) is 22.9. The average molecular weight is 1290 g/mol. The minimum Gasteiger partial charge on any atom is -0.480 e. The van der Waals surface area contributed by atoms with Gasteiger partial charge in [-0.2, -0.15) is 52.7 Å². The van der Waals surface area contributed by atoms with E-state index in [-0.39, 0.29) is 64.9 Å². The number of carbonyl (C=O) groups is 4. The summed E-state index contributed by atoms with van der Waals surface area (Å²) in [6, 6.07) is 11.2. The maximum absolute atomic E-state index is 12.8. The molecule has 6 aliphatic heterocycles. The summed E-state index contributed by atoms with van der Waals surface area (Å²) in [4.78, 5) is 61.9. The second-order valence-corrected chi connectivity index (χ2v) is 24.8. The van der Waals surface area contributed by atoms with E-state index in [1.807, 2.05) is 59.7 Å². The van der Waals surface area contributed by atoms with Gasteiger partial charge in [-0.15, -0.1) is 0 Å². The van der Waals surface area contributed by atoms with E-state index in [1.54, 1.807) is 12.1 Å². The van der Waals surface area contributed by atoms with E-state index in [4.69, 9.17) is 33.0 Å². The molecule has 16 nitrogen and oxygen atoms in total. The fraction of sp³-hybridized carbons (Fsp3) is 0.714. The normalized spacial score (nSPS) is 21.7. The predicted molar refractivity (Wildman–Crippen MR) is 294 cm³/mol. The van der Waals surface area contributed by atoms with E-state index in [2.05, 4.69) is 24.2 Å². The van der Waals surface area contributed by atoms with Crippen LogP contribution in [0.1, 0.15) is 70.4 Å². The summed E-state index contributed by atoms with van der Waals surface area (Å²) in [5.41, 5.74) is 3.42. The average Bonchev–Trinajstić information content (AvgIpc) is 1.70. The second-order valence-electron chi connectivity index (χ2n) is 24.0. The lowest BCUT2D eigenvalue weighted by atomic mass is 9.83. The van der Waals surface area contributed by atoms with Crippen LogP contribution in [-0.4, -0.2) is 219 Å². The number of carbonyl (C=O) groups excluding carboxylic acids is 3. The molecule has 6 saturated heterocycles. The van der Waals surface area contributed by atoms with Gasteiger partial charge in [0.2, 0.25) is 0 Å². The molecule has 1 N–H and O–H groups in total. The molecule has 2 atom stereocenters. The number of halogens is 14. The van der Waals surface area contributed by atoms with Crippen molar-refractivity contribution >= 4 is 58.7 Å². The van der Waals surface area contributed by atoms with E-state index >= 15 is 0 Å². The lowest BCUT2D eigenvalue weighted by Gasteiger charge is -2.38. The van der Waals surface area contributed by atoms with Crippen LogP contribution in [0.3, 0.4) is 0 Å². The zero-order valence-corrected chi connectivity index (χ0v) is 49.5. The molecule has 6 fully saturated rings. The number of alkyl halides is 12. The molecule has 0 bridgehead atoms. The van der Waals surface area contributed by atoms with E-state index < -0.39 is 60.7 Å². The Morgan fingerprint density at radius 3 is 1.15 bits per heavy atom. The third kappa shape index (κ3) is 19.8. The Morgan fingerprint density at radius 2 is 0.826 bits per heavy atom. The monoisotopic (exact) mass is 1280 g/mol. The minimum atomic E-state index is -5.76. The molecule has 2 unspecified atom stereocenters. The van der Waals surface area contributed by atoms with E-state index in [0.717, 1.165) is 123 Å². The fourth-order valence-corrected chi connectivity index (χ4v) is 12.7. The molecule has 484 valence electrons. The summed E-state index contributed by atoms with van der Waals surface area (Å²) in [7, 11) is 0. The first kappa shape index (κ1) is 68.6. The quantitative estimate of drug-likeness (QED) is 0.109. The van der Waals surface area contributed by atoms with Gasteiger partial charge in [0, 0.05) is 126 Å². The number of hydrogen-bond acceptors (Lipinski definition) is 13. The molecule has 6 aliphatic rings. The maximum Gasteiger partial charge on any atom is 0.434 e. The molecular weight excluding hydrogens is 1210 g/mol. The minimum absolute atomic E-state index is 0.0675. The van der Waals surface area contributed by atoms with Crippen molar-refractivity contribution in [2.45, 2.75) is 115 Å². The molecule has 86 heavy (non-hydrogen) atoms. The number of esters is 1. The first-order chi connectivity index (χ1) is 40.1. The lowest BCUT2D eigenvalue weighted by molar-refractivity contribution is -0.309. The number of piperidine rings is 2. The highest BCUT2D eigenvalue weighted by Crippen LogP contribution is 2.40. The maximum atomic E-state index is 12.8. The number of ether oxygens (including phenoxy) is 3. The smallest absolute Gasteiger partial charge is 0.434 e. The van der Waals surface area contributed by atoms with Crippen LogP contribution in [0.15, 0.2) is 36.4 Å². The van der Waals surface area contributed by atoms with Gasteiger partial charge in [0.05, 0.1) is 13.1 Å². The van der Waals surface area contributed by atoms with Crippen LogP contribution in [0.2, 0.25) is 10.0 Å². The van der Waals surface area contributed by atoms with Crippen molar-refractivity contribution in [3.8, 4) is 0 Å². The van der Waals surface area contributed by atoms with Crippen molar-refractivity contribution < 1.29 is 91.2 Å². The number of benzene rings is 2. The Balaban J connectivity index is 0.000000247. The Bertz CT molecular complexity index is 2570. The van der Waals surface area contributed by atoms with Crippen molar-refractivity contribution in [3.63, 3.8) is 0 Å². The number of carboxylic acids is 1. The zero-order chi connectivity index (χ0) is 63.1. The van der Waals surface area contributed by atoms with Crippen molar-refractivity contribution in [3.05, 3.63) is 57.6 Å². The predicted octanol–water partition coefficient (Wildman–Crippen LogP) is 10.7. The van der Waals surface area contributed by atoms with Gasteiger partial charge in [0.1, 0.15) is 5.60 Å². The van der Waals surface area contributed by atoms with Crippen LogP contribution in [0.4, 0.5) is 73.6 Å². The van der Waals surface area contributed by atoms with Crippen molar-refractivity contribution in [1.82, 2.24) is 29.4 Å². The number of rotatable bonds is 14. The Hall–Kier alpha value is -4.90. The first-order valence-electron chi connectivity index (χ1n) is 28.7. The lowest BCUT2D eigenvalue weighted by Crippen LogP contribution is -2.52. The molecule has 2 amide bonds. The highest BCUT2D eigenvalue weighted by atomic mass is 35.5. The SMILES string of the molecule is CC(C)(C)OC(=O)CN1CCC(C2CCN(c3cc(Cl)ccc3CN3CCN(C(=O)OC(C(F)(F)F)C(F)(F)F)CC3)CC2)C1.O=C(O)CN1CCC(C2CCN(c3cc(Cl)ccc3CN3CCN(C(=O)OC(C(F)(F)F)C(F)(F)F)CC3)CC2)C1. The van der Waals surface area contributed by atoms with E-state index in [9.17, 15) is 71.9 Å². The molecule has 0 saturated carbocycles. The molecule has 0 aliphatic carbocycles. The summed E-state index contributed by atoms with van der Waals surface area (Å²) < 4.78 is 167. The van der Waals surface area contributed by atoms with Gasteiger partial charge in [0.25, 0.3) is 12.2 Å². The summed E-state index contributed by atoms with van der Waals surface area (Å²) >= 11 is 12.7. The second kappa shape index (κ2) is 28.7. The third-order valence-electron chi connectivity index (χ3n) is 16.6. The van der Waals surface area contributed by atoms with Crippen molar-refractivity contribution in [2.75, 3.05) is 128 Å². The van der Waals surface area contributed by atoms with Crippen molar-refractivity contribution in [2.24, 2.45) is 23.7 Å². The molecule has 6 heterocycles. The summed E-state index contributed by atoms with van der Waals surface area (Å²) in [5.74, 6) is 1.01. The van der Waals surface area contributed by atoms with Crippen molar-refractivity contribution in [1.29, 1.82) is 0 Å². The molecule has 2 aromatic rings. The van der Waals surface area contributed by atoms with E-state index in [0.29, 0.717) is 53.4 Å². The highest BCUT2D eigenvalue weighted by Gasteiger charge is 2.61. The molecule has 0 radical (unpaired) electrons. The van der Waals surface area contributed by atoms with Gasteiger partial charge in [-0.1, -0.05) is 35.3 Å². The Labute approximate surface area is 501 Å². The molecule has 0 spiro atoms. The van der Waals surface area contributed by atoms with Crippen LogP contribution in [0, 0.1) is 23.7 Å². The van der Waals surface area contributed by atoms with Crippen LogP contribution in [0.25, 0.3) is 0 Å². The van der Waals surface area contributed by atoms with Crippen LogP contribution in [0.5, 0.6) is 0 Å². The number of nitrogens with zero attached hydrogens (tertiary/aromatic N) is 8. The number of anilines is 2. The standard InChI is InChI=1S/C30H41ClF6N4O4.C26H33ClF6N4O4/c1-28(2,3)45-25(42)19-39-9-6-21(17-39)20-7-10-40(11-8-20)24-16-23(31)5-4-22(24)18-38-12-14-41(15-13-38)27(43)44-26(29(32,33)34)30(35,36)37;27-20-2-1-19(15-34-9-11-37(12-10-34)24(40)41-23(25(28,29)30)26(31,32)33)21(13-20)36-7-4-17(5-8-36)18-3-6-35(14-18)16-22(38)39/h4-5,16,20-21,26H,6-15,17-19H2,1-3H3;1-2,13,17-18,23H,3-12,14-16H2,(H,38,39). The van der Waals surface area contributed by atoms with Gasteiger partial charge < -0.3 is 38.9 Å².